The molecule has 0 unspecified atom stereocenters. The summed E-state index contributed by atoms with van der Waals surface area (Å²) in [6, 6.07) is 5.73. The highest BCUT2D eigenvalue weighted by Crippen LogP contribution is 2.25. The number of carbonyl (C=O) groups is 2. The molecular weight excluding hydrogens is 278 g/mol. The first-order valence-electron chi connectivity index (χ1n) is 7.82. The zero-order valence-corrected chi connectivity index (χ0v) is 13.6. The van der Waals surface area contributed by atoms with Gasteiger partial charge in [0.1, 0.15) is 0 Å². The highest BCUT2D eigenvalue weighted by atomic mass is 16.2. The lowest BCUT2D eigenvalue weighted by Crippen LogP contribution is -2.42. The maximum Gasteiger partial charge on any atom is 0.251 e. The van der Waals surface area contributed by atoms with Crippen LogP contribution in [0.15, 0.2) is 18.2 Å². The van der Waals surface area contributed by atoms with Crippen LogP contribution in [0.1, 0.15) is 49.5 Å². The van der Waals surface area contributed by atoms with Crippen LogP contribution in [0, 0.1) is 0 Å². The fourth-order valence-electron chi connectivity index (χ4n) is 2.59. The third-order valence-corrected chi connectivity index (χ3v) is 3.49. The van der Waals surface area contributed by atoms with Gasteiger partial charge in [-0.2, -0.15) is 0 Å². The van der Waals surface area contributed by atoms with Gasteiger partial charge in [0.25, 0.3) is 5.91 Å². The second-order valence-corrected chi connectivity index (χ2v) is 6.67. The van der Waals surface area contributed by atoms with Gasteiger partial charge < -0.3 is 16.0 Å². The van der Waals surface area contributed by atoms with Gasteiger partial charge in [0.15, 0.2) is 0 Å². The SMILES string of the molecule is CC(C)(C)NC(=O)CCNC(=O)c1cccc2c1CCCN2. The molecule has 0 saturated heterocycles. The molecule has 1 aliphatic rings. The second kappa shape index (κ2) is 6.81. The molecule has 5 nitrogen and oxygen atoms in total. The average molecular weight is 303 g/mol. The normalized spacial score (nSPS) is 13.8. The lowest BCUT2D eigenvalue weighted by molar-refractivity contribution is -0.122. The summed E-state index contributed by atoms with van der Waals surface area (Å²) in [6.07, 6.45) is 2.23. The molecule has 22 heavy (non-hydrogen) atoms. The number of benzene rings is 1. The molecule has 1 aliphatic heterocycles. The summed E-state index contributed by atoms with van der Waals surface area (Å²) in [6.45, 7) is 7.11. The van der Waals surface area contributed by atoms with Gasteiger partial charge in [-0.3, -0.25) is 9.59 Å². The van der Waals surface area contributed by atoms with Gasteiger partial charge in [-0.15, -0.1) is 0 Å². The molecule has 0 saturated carbocycles. The summed E-state index contributed by atoms with van der Waals surface area (Å²) in [4.78, 5) is 24.0. The van der Waals surface area contributed by atoms with E-state index in [9.17, 15) is 9.59 Å². The minimum absolute atomic E-state index is 0.0513. The summed E-state index contributed by atoms with van der Waals surface area (Å²) in [7, 11) is 0. The van der Waals surface area contributed by atoms with Crippen LogP contribution in [-0.4, -0.2) is 30.4 Å². The first kappa shape index (κ1) is 16.3. The molecule has 3 N–H and O–H groups in total. The molecule has 120 valence electrons. The Bertz CT molecular complexity index is 562. The Balaban J connectivity index is 1.89. The molecule has 1 heterocycles. The third-order valence-electron chi connectivity index (χ3n) is 3.49. The predicted molar refractivity (Wildman–Crippen MR) is 88.1 cm³/mol. The van der Waals surface area contributed by atoms with Crippen LogP contribution in [0.4, 0.5) is 5.69 Å². The molecule has 1 aromatic carbocycles. The smallest absolute Gasteiger partial charge is 0.251 e. The standard InChI is InChI=1S/C17H25N3O2/c1-17(2,3)20-15(21)9-11-19-16(22)13-6-4-8-14-12(13)7-5-10-18-14/h4,6,8,18H,5,7,9-11H2,1-3H3,(H,19,22)(H,20,21). The molecule has 0 atom stereocenters. The minimum Gasteiger partial charge on any atom is -0.385 e. The van der Waals surface area contributed by atoms with Crippen LogP contribution >= 0.6 is 0 Å². The zero-order chi connectivity index (χ0) is 16.2. The average Bonchev–Trinajstić information content (AvgIpc) is 2.44. The van der Waals surface area contributed by atoms with Crippen LogP contribution in [-0.2, 0) is 11.2 Å². The first-order chi connectivity index (χ1) is 10.4. The number of rotatable bonds is 4. The number of anilines is 1. The molecule has 2 amide bonds. The van der Waals surface area contributed by atoms with E-state index in [2.05, 4.69) is 16.0 Å². The van der Waals surface area contributed by atoms with Crippen LogP contribution in [0.25, 0.3) is 0 Å². The van der Waals surface area contributed by atoms with Crippen molar-refractivity contribution in [1.82, 2.24) is 10.6 Å². The number of carbonyl (C=O) groups excluding carboxylic acids is 2. The van der Waals surface area contributed by atoms with Crippen molar-refractivity contribution in [3.8, 4) is 0 Å². The number of hydrogen-bond acceptors (Lipinski definition) is 3. The fraction of sp³-hybridized carbons (Fsp3) is 0.529. The van der Waals surface area contributed by atoms with Crippen molar-refractivity contribution >= 4 is 17.5 Å². The van der Waals surface area contributed by atoms with Gasteiger partial charge in [0.05, 0.1) is 0 Å². The van der Waals surface area contributed by atoms with Crippen LogP contribution < -0.4 is 16.0 Å². The fourth-order valence-corrected chi connectivity index (χ4v) is 2.59. The van der Waals surface area contributed by atoms with Crippen molar-refractivity contribution in [3.63, 3.8) is 0 Å². The van der Waals surface area contributed by atoms with Gasteiger partial charge in [0, 0.05) is 36.3 Å². The summed E-state index contributed by atoms with van der Waals surface area (Å²) in [5, 5.41) is 9.03. The molecule has 0 radical (unpaired) electrons. The summed E-state index contributed by atoms with van der Waals surface area (Å²) >= 11 is 0. The van der Waals surface area contributed by atoms with Gasteiger partial charge in [0.2, 0.25) is 5.91 Å². The van der Waals surface area contributed by atoms with Crippen LogP contribution in [0.5, 0.6) is 0 Å². The van der Waals surface area contributed by atoms with Gasteiger partial charge in [-0.05, 0) is 51.3 Å². The Hall–Kier alpha value is -2.04. The van der Waals surface area contributed by atoms with E-state index in [-0.39, 0.29) is 23.8 Å². The molecule has 0 aliphatic carbocycles. The van der Waals surface area contributed by atoms with E-state index in [1.54, 1.807) is 0 Å². The highest BCUT2D eigenvalue weighted by Gasteiger charge is 2.18. The molecule has 5 heteroatoms. The Morgan fingerprint density at radius 3 is 2.77 bits per heavy atom. The van der Waals surface area contributed by atoms with Crippen molar-refractivity contribution < 1.29 is 9.59 Å². The number of fused-ring (bicyclic) bond motifs is 1. The van der Waals surface area contributed by atoms with E-state index >= 15 is 0 Å². The quantitative estimate of drug-likeness (QED) is 0.797. The maximum atomic E-state index is 12.3. The van der Waals surface area contributed by atoms with Crippen LogP contribution in [0.3, 0.4) is 0 Å². The topological polar surface area (TPSA) is 70.2 Å². The van der Waals surface area contributed by atoms with Crippen molar-refractivity contribution in [1.29, 1.82) is 0 Å². The Morgan fingerprint density at radius 2 is 2.05 bits per heavy atom. The third kappa shape index (κ3) is 4.48. The number of amides is 2. The number of nitrogens with one attached hydrogen (secondary N) is 3. The van der Waals surface area contributed by atoms with E-state index in [0.29, 0.717) is 12.1 Å². The van der Waals surface area contributed by atoms with E-state index in [1.807, 2.05) is 39.0 Å². The first-order valence-corrected chi connectivity index (χ1v) is 7.82. The lowest BCUT2D eigenvalue weighted by atomic mass is 9.97. The van der Waals surface area contributed by atoms with E-state index in [1.165, 1.54) is 0 Å². The molecule has 2 rings (SSSR count). The van der Waals surface area contributed by atoms with E-state index in [0.717, 1.165) is 30.6 Å². The lowest BCUT2D eigenvalue weighted by Gasteiger charge is -2.21. The Morgan fingerprint density at radius 1 is 1.27 bits per heavy atom. The number of hydrogen-bond donors (Lipinski definition) is 3. The van der Waals surface area contributed by atoms with Crippen molar-refractivity contribution in [3.05, 3.63) is 29.3 Å². The zero-order valence-electron chi connectivity index (χ0n) is 13.6. The summed E-state index contributed by atoms with van der Waals surface area (Å²) < 4.78 is 0. The molecule has 0 aromatic heterocycles. The Labute approximate surface area is 131 Å². The van der Waals surface area contributed by atoms with Gasteiger partial charge in [-0.25, -0.2) is 0 Å². The van der Waals surface area contributed by atoms with E-state index in [4.69, 9.17) is 0 Å². The summed E-state index contributed by atoms with van der Waals surface area (Å²) in [5.74, 6) is -0.159. The van der Waals surface area contributed by atoms with E-state index < -0.39 is 0 Å². The van der Waals surface area contributed by atoms with Gasteiger partial charge in [-0.1, -0.05) is 6.07 Å². The van der Waals surface area contributed by atoms with Crippen LogP contribution in [0.2, 0.25) is 0 Å². The molecule has 1 aromatic rings. The monoisotopic (exact) mass is 303 g/mol. The molecular formula is C17H25N3O2. The van der Waals surface area contributed by atoms with Crippen molar-refractivity contribution in [2.75, 3.05) is 18.4 Å². The second-order valence-electron chi connectivity index (χ2n) is 6.67. The predicted octanol–water partition coefficient (Wildman–Crippen LogP) is 2.08. The van der Waals surface area contributed by atoms with Crippen molar-refractivity contribution in [2.24, 2.45) is 0 Å². The largest absolute Gasteiger partial charge is 0.385 e. The maximum absolute atomic E-state index is 12.3. The molecule has 0 bridgehead atoms. The molecule has 0 spiro atoms. The molecule has 0 fully saturated rings. The minimum atomic E-state index is -0.245. The summed E-state index contributed by atoms with van der Waals surface area (Å²) in [5.41, 5.74) is 2.58. The highest BCUT2D eigenvalue weighted by molar-refractivity contribution is 5.97. The van der Waals surface area contributed by atoms with Gasteiger partial charge >= 0.3 is 0 Å². The Kier molecular flexibility index (Phi) is 5.06. The van der Waals surface area contributed by atoms with Crippen molar-refractivity contribution in [2.45, 2.75) is 45.6 Å².